The minimum atomic E-state index is -0.185. The first-order valence-corrected chi connectivity index (χ1v) is 8.88. The molecule has 0 saturated heterocycles. The highest BCUT2D eigenvalue weighted by atomic mass is 79.9. The Hall–Kier alpha value is -0.230. The summed E-state index contributed by atoms with van der Waals surface area (Å²) in [6.07, 6.45) is 1.01. The molecule has 20 heavy (non-hydrogen) atoms. The summed E-state index contributed by atoms with van der Waals surface area (Å²) in [6.45, 7) is 5.01. The van der Waals surface area contributed by atoms with Crippen LogP contribution in [0.2, 0.25) is 0 Å². The molecule has 5 heteroatoms. The summed E-state index contributed by atoms with van der Waals surface area (Å²) in [5, 5.41) is 3.44. The Labute approximate surface area is 139 Å². The van der Waals surface area contributed by atoms with Crippen LogP contribution < -0.4 is 5.32 Å². The van der Waals surface area contributed by atoms with Crippen molar-refractivity contribution in [1.29, 1.82) is 0 Å². The number of thiophene rings is 1. The number of benzene rings is 1. The molecule has 1 N–H and O–H groups in total. The van der Waals surface area contributed by atoms with E-state index in [1.807, 2.05) is 6.07 Å². The van der Waals surface area contributed by atoms with Crippen LogP contribution in [0.25, 0.3) is 0 Å². The molecule has 1 aromatic carbocycles. The Morgan fingerprint density at radius 1 is 1.35 bits per heavy atom. The average molecular weight is 421 g/mol. The number of halogens is 3. The van der Waals surface area contributed by atoms with Gasteiger partial charge in [0.15, 0.2) is 0 Å². The fraction of sp³-hybridized carbons (Fsp3) is 0.333. The molecular formula is C15H16Br2FNS. The van der Waals surface area contributed by atoms with Gasteiger partial charge < -0.3 is 5.32 Å². The molecule has 0 saturated carbocycles. The lowest BCUT2D eigenvalue weighted by Gasteiger charge is -2.19. The van der Waals surface area contributed by atoms with Crippen molar-refractivity contribution in [2.75, 3.05) is 6.54 Å². The molecule has 0 bridgehead atoms. The summed E-state index contributed by atoms with van der Waals surface area (Å²) in [6, 6.07) is 7.10. The smallest absolute Gasteiger partial charge is 0.129 e. The van der Waals surface area contributed by atoms with Gasteiger partial charge in [0.1, 0.15) is 5.82 Å². The zero-order valence-corrected chi connectivity index (χ0v) is 15.3. The summed E-state index contributed by atoms with van der Waals surface area (Å²) < 4.78 is 16.1. The van der Waals surface area contributed by atoms with Crippen LogP contribution in [0.5, 0.6) is 0 Å². The van der Waals surface area contributed by atoms with Crippen LogP contribution in [0.3, 0.4) is 0 Å². The lowest BCUT2D eigenvalue weighted by molar-refractivity contribution is 0.549. The van der Waals surface area contributed by atoms with E-state index in [2.05, 4.69) is 57.1 Å². The molecule has 2 aromatic rings. The van der Waals surface area contributed by atoms with Gasteiger partial charge >= 0.3 is 0 Å². The van der Waals surface area contributed by atoms with E-state index in [1.165, 1.54) is 11.6 Å². The molecular weight excluding hydrogens is 405 g/mol. The molecule has 1 nitrogen and oxygen atoms in total. The van der Waals surface area contributed by atoms with Crippen LogP contribution in [0.4, 0.5) is 4.39 Å². The van der Waals surface area contributed by atoms with Crippen molar-refractivity contribution in [3.05, 3.63) is 54.3 Å². The second-order valence-corrected chi connectivity index (χ2v) is 7.88. The Bertz CT molecular complexity index is 558. The number of rotatable bonds is 5. The average Bonchev–Trinajstić information content (AvgIpc) is 2.73. The lowest BCUT2D eigenvalue weighted by Crippen LogP contribution is -2.23. The van der Waals surface area contributed by atoms with Gasteiger partial charge in [-0.25, -0.2) is 4.39 Å². The van der Waals surface area contributed by atoms with E-state index in [-0.39, 0.29) is 11.9 Å². The number of hydrogen-bond acceptors (Lipinski definition) is 2. The maximum atomic E-state index is 14.2. The summed E-state index contributed by atoms with van der Waals surface area (Å²) in [7, 11) is 0. The quantitative estimate of drug-likeness (QED) is 0.643. The van der Waals surface area contributed by atoms with Gasteiger partial charge in [0.2, 0.25) is 0 Å². The molecule has 0 aliphatic heterocycles. The lowest BCUT2D eigenvalue weighted by atomic mass is 10.0. The van der Waals surface area contributed by atoms with Crippen LogP contribution >= 0.6 is 43.2 Å². The Morgan fingerprint density at radius 3 is 2.65 bits per heavy atom. The Balaban J connectivity index is 2.47. The van der Waals surface area contributed by atoms with E-state index in [9.17, 15) is 4.39 Å². The third-order valence-corrected chi connectivity index (χ3v) is 5.94. The minimum Gasteiger partial charge on any atom is -0.305 e. The molecule has 0 aliphatic carbocycles. The van der Waals surface area contributed by atoms with Gasteiger partial charge in [0, 0.05) is 14.9 Å². The monoisotopic (exact) mass is 419 g/mol. The van der Waals surface area contributed by atoms with Gasteiger partial charge in [0.05, 0.1) is 9.83 Å². The van der Waals surface area contributed by atoms with Crippen molar-refractivity contribution in [3.8, 4) is 0 Å². The Morgan fingerprint density at radius 2 is 2.10 bits per heavy atom. The SMILES string of the molecule is CCCNC(c1cc(C)c(Br)s1)c1c(F)cccc1Br. The van der Waals surface area contributed by atoms with Crippen molar-refractivity contribution in [2.24, 2.45) is 0 Å². The zero-order valence-electron chi connectivity index (χ0n) is 11.3. The van der Waals surface area contributed by atoms with Crippen molar-refractivity contribution in [2.45, 2.75) is 26.3 Å². The highest BCUT2D eigenvalue weighted by Crippen LogP contribution is 2.37. The molecule has 0 amide bonds. The topological polar surface area (TPSA) is 12.0 Å². The van der Waals surface area contributed by atoms with Gasteiger partial charge in [0.25, 0.3) is 0 Å². The van der Waals surface area contributed by atoms with E-state index in [1.54, 1.807) is 17.4 Å². The number of nitrogens with one attached hydrogen (secondary N) is 1. The molecule has 1 atom stereocenters. The van der Waals surface area contributed by atoms with Gasteiger partial charge in [-0.3, -0.25) is 0 Å². The number of hydrogen-bond donors (Lipinski definition) is 1. The molecule has 0 fully saturated rings. The summed E-state index contributed by atoms with van der Waals surface area (Å²) in [4.78, 5) is 1.12. The van der Waals surface area contributed by atoms with Crippen LogP contribution in [0, 0.1) is 12.7 Å². The predicted octanol–water partition coefficient (Wildman–Crippen LogP) is 5.81. The standard InChI is InChI=1S/C15H16Br2FNS/c1-3-7-19-14(12-8-9(2)15(17)20-12)13-10(16)5-4-6-11(13)18/h4-6,8,14,19H,3,7H2,1-2H3. The first-order chi connectivity index (χ1) is 9.54. The van der Waals surface area contributed by atoms with Crippen LogP contribution in [-0.4, -0.2) is 6.54 Å². The summed E-state index contributed by atoms with van der Waals surface area (Å²) in [5.74, 6) is -0.185. The molecule has 0 spiro atoms. The van der Waals surface area contributed by atoms with E-state index in [0.717, 1.165) is 26.1 Å². The third kappa shape index (κ3) is 3.50. The van der Waals surface area contributed by atoms with Crippen LogP contribution in [-0.2, 0) is 0 Å². The predicted molar refractivity (Wildman–Crippen MR) is 91.0 cm³/mol. The van der Waals surface area contributed by atoms with Crippen molar-refractivity contribution >= 4 is 43.2 Å². The van der Waals surface area contributed by atoms with Crippen LogP contribution in [0.15, 0.2) is 32.5 Å². The highest BCUT2D eigenvalue weighted by Gasteiger charge is 2.22. The molecule has 2 rings (SSSR count). The van der Waals surface area contributed by atoms with Gasteiger partial charge in [-0.05, 0) is 59.6 Å². The maximum Gasteiger partial charge on any atom is 0.129 e. The molecule has 108 valence electrons. The fourth-order valence-electron chi connectivity index (χ4n) is 2.05. The minimum absolute atomic E-state index is 0.125. The highest BCUT2D eigenvalue weighted by molar-refractivity contribution is 9.11. The van der Waals surface area contributed by atoms with E-state index in [0.29, 0.717) is 5.56 Å². The maximum absolute atomic E-state index is 14.2. The molecule has 1 heterocycles. The first kappa shape index (κ1) is 16.1. The molecule has 0 aliphatic rings. The number of aryl methyl sites for hydroxylation is 1. The largest absolute Gasteiger partial charge is 0.305 e. The first-order valence-electron chi connectivity index (χ1n) is 6.47. The van der Waals surface area contributed by atoms with E-state index < -0.39 is 0 Å². The Kier molecular flexibility index (Phi) is 5.78. The second kappa shape index (κ2) is 7.16. The molecule has 1 aromatic heterocycles. The summed E-state index contributed by atoms with van der Waals surface area (Å²) >= 11 is 8.67. The fourth-order valence-corrected chi connectivity index (χ4v) is 4.27. The van der Waals surface area contributed by atoms with Gasteiger partial charge in [-0.1, -0.05) is 28.9 Å². The van der Waals surface area contributed by atoms with Gasteiger partial charge in [-0.15, -0.1) is 11.3 Å². The normalized spacial score (nSPS) is 12.7. The zero-order chi connectivity index (χ0) is 14.7. The second-order valence-electron chi connectivity index (χ2n) is 4.63. The van der Waals surface area contributed by atoms with Crippen molar-refractivity contribution in [3.63, 3.8) is 0 Å². The van der Waals surface area contributed by atoms with Crippen LogP contribution in [0.1, 0.15) is 35.4 Å². The van der Waals surface area contributed by atoms with Gasteiger partial charge in [-0.2, -0.15) is 0 Å². The van der Waals surface area contributed by atoms with E-state index in [4.69, 9.17) is 0 Å². The molecule has 0 radical (unpaired) electrons. The third-order valence-electron chi connectivity index (χ3n) is 3.05. The van der Waals surface area contributed by atoms with Crippen molar-refractivity contribution in [1.82, 2.24) is 5.32 Å². The van der Waals surface area contributed by atoms with E-state index >= 15 is 0 Å². The molecule has 1 unspecified atom stereocenters. The summed E-state index contributed by atoms with van der Waals surface area (Å²) in [5.41, 5.74) is 1.86. The van der Waals surface area contributed by atoms with Crippen molar-refractivity contribution < 1.29 is 4.39 Å².